The van der Waals surface area contributed by atoms with Crippen LogP contribution in [-0.2, 0) is 16.6 Å². The molecule has 9 heteroatoms. The Labute approximate surface area is 172 Å². The standard InChI is InChI=1S/C21H18F2N4O2S/c1-14-5-3-6-16(11-14)13-27(17-8-9-18(22)19(23)12-17)30(28,29)20-7-4-10-26-15(2)24-25-21(20)26/h3-12H,13H2,1-2H3. The van der Waals surface area contributed by atoms with Crippen molar-refractivity contribution in [3.63, 3.8) is 0 Å². The van der Waals surface area contributed by atoms with Gasteiger partial charge >= 0.3 is 0 Å². The lowest BCUT2D eigenvalue weighted by molar-refractivity contribution is 0.508. The van der Waals surface area contributed by atoms with Crippen molar-refractivity contribution in [2.24, 2.45) is 0 Å². The molecule has 154 valence electrons. The van der Waals surface area contributed by atoms with Crippen LogP contribution >= 0.6 is 0 Å². The Morgan fingerprint density at radius 3 is 2.50 bits per heavy atom. The number of hydrogen-bond donors (Lipinski definition) is 0. The predicted molar refractivity (Wildman–Crippen MR) is 109 cm³/mol. The Morgan fingerprint density at radius 2 is 1.77 bits per heavy atom. The van der Waals surface area contributed by atoms with Gasteiger partial charge in [-0.2, -0.15) is 0 Å². The molecule has 0 spiro atoms. The minimum absolute atomic E-state index is 0.00801. The molecule has 0 atom stereocenters. The maximum Gasteiger partial charge on any atom is 0.268 e. The Morgan fingerprint density at radius 1 is 0.967 bits per heavy atom. The monoisotopic (exact) mass is 428 g/mol. The molecule has 0 unspecified atom stereocenters. The average Bonchev–Trinajstić information content (AvgIpc) is 3.09. The molecule has 0 saturated heterocycles. The Bertz CT molecular complexity index is 1350. The zero-order valence-corrected chi connectivity index (χ0v) is 17.1. The van der Waals surface area contributed by atoms with Crippen LogP contribution in [0.1, 0.15) is 17.0 Å². The third-order valence-electron chi connectivity index (χ3n) is 4.74. The van der Waals surface area contributed by atoms with Crippen molar-refractivity contribution in [1.82, 2.24) is 14.6 Å². The lowest BCUT2D eigenvalue weighted by Crippen LogP contribution is -2.31. The molecule has 0 bridgehead atoms. The number of sulfonamides is 1. The van der Waals surface area contributed by atoms with Crippen LogP contribution in [0.2, 0.25) is 0 Å². The number of anilines is 1. The van der Waals surface area contributed by atoms with E-state index in [1.165, 1.54) is 12.1 Å². The second kappa shape index (κ2) is 7.49. The van der Waals surface area contributed by atoms with Crippen molar-refractivity contribution in [1.29, 1.82) is 0 Å². The summed E-state index contributed by atoms with van der Waals surface area (Å²) in [7, 11) is -4.19. The third kappa shape index (κ3) is 3.52. The van der Waals surface area contributed by atoms with Crippen LogP contribution in [0.25, 0.3) is 5.65 Å². The topological polar surface area (TPSA) is 67.6 Å². The molecule has 0 aliphatic carbocycles. The zero-order valence-electron chi connectivity index (χ0n) is 16.3. The number of hydrogen-bond acceptors (Lipinski definition) is 4. The van der Waals surface area contributed by atoms with Crippen molar-refractivity contribution < 1.29 is 17.2 Å². The van der Waals surface area contributed by atoms with Crippen LogP contribution in [0.5, 0.6) is 0 Å². The van der Waals surface area contributed by atoms with Crippen molar-refractivity contribution in [3.8, 4) is 0 Å². The van der Waals surface area contributed by atoms with Gasteiger partial charge in [0.2, 0.25) is 0 Å². The highest BCUT2D eigenvalue weighted by molar-refractivity contribution is 7.93. The number of halogens is 2. The molecular formula is C21H18F2N4O2S. The lowest BCUT2D eigenvalue weighted by atomic mass is 10.1. The molecule has 0 radical (unpaired) electrons. The normalized spacial score (nSPS) is 11.7. The van der Waals surface area contributed by atoms with E-state index >= 15 is 0 Å². The van der Waals surface area contributed by atoms with E-state index in [1.54, 1.807) is 29.7 Å². The van der Waals surface area contributed by atoms with E-state index < -0.39 is 21.7 Å². The van der Waals surface area contributed by atoms with Gasteiger partial charge in [-0.1, -0.05) is 29.8 Å². The molecule has 0 N–H and O–H groups in total. The summed E-state index contributed by atoms with van der Waals surface area (Å²) in [6.45, 7) is 3.53. The summed E-state index contributed by atoms with van der Waals surface area (Å²) in [5.74, 6) is -1.66. The number of aryl methyl sites for hydroxylation is 2. The number of benzene rings is 2. The average molecular weight is 428 g/mol. The molecule has 0 aliphatic heterocycles. The van der Waals surface area contributed by atoms with Crippen LogP contribution in [0.15, 0.2) is 65.7 Å². The van der Waals surface area contributed by atoms with Gasteiger partial charge in [0.25, 0.3) is 10.0 Å². The summed E-state index contributed by atoms with van der Waals surface area (Å²) in [6, 6.07) is 13.3. The first-order valence-electron chi connectivity index (χ1n) is 9.11. The van der Waals surface area contributed by atoms with E-state index in [1.807, 2.05) is 25.1 Å². The largest absolute Gasteiger partial charge is 0.286 e. The molecule has 4 rings (SSSR count). The Hall–Kier alpha value is -3.33. The number of pyridine rings is 1. The predicted octanol–water partition coefficient (Wildman–Crippen LogP) is 4.02. The van der Waals surface area contributed by atoms with Crippen LogP contribution < -0.4 is 4.31 Å². The fraction of sp³-hybridized carbons (Fsp3) is 0.143. The molecular weight excluding hydrogens is 410 g/mol. The molecule has 2 aromatic carbocycles. The fourth-order valence-corrected chi connectivity index (χ4v) is 4.83. The first-order valence-corrected chi connectivity index (χ1v) is 10.5. The van der Waals surface area contributed by atoms with Gasteiger partial charge in [0.15, 0.2) is 17.3 Å². The van der Waals surface area contributed by atoms with E-state index in [0.29, 0.717) is 11.4 Å². The van der Waals surface area contributed by atoms with E-state index in [0.717, 1.165) is 22.0 Å². The number of fused-ring (bicyclic) bond motifs is 1. The van der Waals surface area contributed by atoms with Gasteiger partial charge in [-0.05, 0) is 43.7 Å². The SMILES string of the molecule is Cc1cccc(CN(c2ccc(F)c(F)c2)S(=O)(=O)c2cccn3c(C)nnc23)c1. The van der Waals surface area contributed by atoms with Crippen LogP contribution in [0.3, 0.4) is 0 Å². The summed E-state index contributed by atoms with van der Waals surface area (Å²) in [5, 5.41) is 7.93. The summed E-state index contributed by atoms with van der Waals surface area (Å²) in [4.78, 5) is -0.0806. The Balaban J connectivity index is 1.90. The van der Waals surface area contributed by atoms with Crippen LogP contribution in [-0.4, -0.2) is 23.0 Å². The van der Waals surface area contributed by atoms with Gasteiger partial charge in [0, 0.05) is 12.3 Å². The maximum absolute atomic E-state index is 14.0. The van der Waals surface area contributed by atoms with Crippen LogP contribution in [0.4, 0.5) is 14.5 Å². The fourth-order valence-electron chi connectivity index (χ4n) is 3.26. The van der Waals surface area contributed by atoms with Crippen molar-refractivity contribution in [2.45, 2.75) is 25.3 Å². The molecule has 2 aromatic heterocycles. The van der Waals surface area contributed by atoms with Gasteiger partial charge in [0.05, 0.1) is 12.2 Å². The van der Waals surface area contributed by atoms with Crippen molar-refractivity contribution in [3.05, 3.63) is 89.4 Å². The first kappa shape index (κ1) is 20.0. The molecule has 0 fully saturated rings. The Kier molecular flexibility index (Phi) is 4.98. The highest BCUT2D eigenvalue weighted by atomic mass is 32.2. The van der Waals surface area contributed by atoms with Crippen molar-refractivity contribution >= 4 is 21.4 Å². The molecule has 0 amide bonds. The summed E-state index contributed by atoms with van der Waals surface area (Å²) in [6.07, 6.45) is 1.66. The highest BCUT2D eigenvalue weighted by Crippen LogP contribution is 2.29. The number of aromatic nitrogens is 3. The minimum Gasteiger partial charge on any atom is -0.286 e. The second-order valence-corrected chi connectivity index (χ2v) is 8.74. The molecule has 6 nitrogen and oxygen atoms in total. The lowest BCUT2D eigenvalue weighted by Gasteiger charge is -2.25. The summed E-state index contributed by atoms with van der Waals surface area (Å²) < 4.78 is 57.4. The van der Waals surface area contributed by atoms with Gasteiger partial charge < -0.3 is 0 Å². The zero-order chi connectivity index (χ0) is 21.5. The first-order chi connectivity index (χ1) is 14.3. The molecule has 2 heterocycles. The quantitative estimate of drug-likeness (QED) is 0.482. The van der Waals surface area contributed by atoms with Gasteiger partial charge in [-0.3, -0.25) is 8.71 Å². The summed E-state index contributed by atoms with van der Waals surface area (Å²) in [5.41, 5.74) is 1.82. The van der Waals surface area contributed by atoms with E-state index in [9.17, 15) is 17.2 Å². The number of rotatable bonds is 5. The molecule has 4 aromatic rings. The second-order valence-electron chi connectivity index (χ2n) is 6.91. The van der Waals surface area contributed by atoms with Gasteiger partial charge in [0.1, 0.15) is 10.7 Å². The third-order valence-corrected chi connectivity index (χ3v) is 6.53. The molecule has 0 saturated carbocycles. The van der Waals surface area contributed by atoms with E-state index in [4.69, 9.17) is 0 Å². The van der Waals surface area contributed by atoms with Crippen molar-refractivity contribution in [2.75, 3.05) is 4.31 Å². The summed E-state index contributed by atoms with van der Waals surface area (Å²) >= 11 is 0. The van der Waals surface area contributed by atoms with Gasteiger partial charge in [-0.25, -0.2) is 17.2 Å². The highest BCUT2D eigenvalue weighted by Gasteiger charge is 2.29. The number of nitrogens with zero attached hydrogens (tertiary/aromatic N) is 4. The smallest absolute Gasteiger partial charge is 0.268 e. The minimum atomic E-state index is -4.19. The van der Waals surface area contributed by atoms with Gasteiger partial charge in [-0.15, -0.1) is 10.2 Å². The molecule has 0 aliphatic rings. The van der Waals surface area contributed by atoms with Crippen LogP contribution in [0, 0.1) is 25.5 Å². The van der Waals surface area contributed by atoms with E-state index in [-0.39, 0.29) is 22.8 Å². The van der Waals surface area contributed by atoms with E-state index in [2.05, 4.69) is 10.2 Å². The maximum atomic E-state index is 14.0. The molecule has 30 heavy (non-hydrogen) atoms.